The summed E-state index contributed by atoms with van der Waals surface area (Å²) >= 11 is 0. The number of nitrogens with zero attached hydrogens (tertiary/aromatic N) is 1. The van der Waals surface area contributed by atoms with Crippen LogP contribution in [0.15, 0.2) is 36.4 Å². The zero-order chi connectivity index (χ0) is 29.5. The molecule has 2 amide bonds. The molecule has 226 valence electrons. The van der Waals surface area contributed by atoms with Crippen LogP contribution in [0.1, 0.15) is 67.8 Å². The van der Waals surface area contributed by atoms with Gasteiger partial charge in [0.2, 0.25) is 15.9 Å². The van der Waals surface area contributed by atoms with E-state index in [4.69, 9.17) is 4.74 Å². The fourth-order valence-corrected chi connectivity index (χ4v) is 8.65. The Bertz CT molecular complexity index is 1470. The molecule has 1 atom stereocenters. The van der Waals surface area contributed by atoms with Crippen LogP contribution in [0.2, 0.25) is 0 Å². The van der Waals surface area contributed by atoms with Gasteiger partial charge in [0.1, 0.15) is 11.9 Å². The van der Waals surface area contributed by atoms with Crippen LogP contribution in [0.3, 0.4) is 0 Å². The highest BCUT2D eigenvalue weighted by Crippen LogP contribution is 2.46. The molecule has 2 aromatic carbocycles. The Morgan fingerprint density at radius 2 is 1.88 bits per heavy atom. The van der Waals surface area contributed by atoms with Crippen LogP contribution in [0.4, 0.5) is 21.5 Å². The summed E-state index contributed by atoms with van der Waals surface area (Å²) in [5.41, 5.74) is 2.13. The van der Waals surface area contributed by atoms with Crippen LogP contribution in [0.5, 0.6) is 0 Å². The van der Waals surface area contributed by atoms with Crippen molar-refractivity contribution in [1.29, 1.82) is 0 Å². The first kappa shape index (κ1) is 28.9. The lowest BCUT2D eigenvalue weighted by Gasteiger charge is -2.33. The maximum absolute atomic E-state index is 15.5. The molecular weight excluding hydrogens is 559 g/mol. The summed E-state index contributed by atoms with van der Waals surface area (Å²) < 4.78 is 47.2. The number of sulfonamides is 1. The topological polar surface area (TPSA) is 117 Å². The van der Waals surface area contributed by atoms with Crippen LogP contribution in [0, 0.1) is 17.7 Å². The zero-order valence-corrected chi connectivity index (χ0v) is 24.8. The molecule has 0 aromatic heterocycles. The molecule has 2 saturated heterocycles. The predicted octanol–water partition coefficient (Wildman–Crippen LogP) is 4.40. The van der Waals surface area contributed by atoms with Crippen molar-refractivity contribution in [1.82, 2.24) is 5.32 Å². The van der Waals surface area contributed by atoms with E-state index < -0.39 is 22.0 Å². The Balaban J connectivity index is 1.22. The molecule has 42 heavy (non-hydrogen) atoms. The Morgan fingerprint density at radius 1 is 1.12 bits per heavy atom. The molecule has 3 fully saturated rings. The molecule has 0 bridgehead atoms. The molecule has 4 aliphatic rings. The van der Waals surface area contributed by atoms with Gasteiger partial charge < -0.3 is 20.7 Å². The molecular formula is C31H39FN4O5S. The Kier molecular flexibility index (Phi) is 7.91. The van der Waals surface area contributed by atoms with Gasteiger partial charge in [-0.1, -0.05) is 25.8 Å². The van der Waals surface area contributed by atoms with Crippen molar-refractivity contribution in [2.75, 3.05) is 47.0 Å². The largest absolute Gasteiger partial charge is 0.384 e. The van der Waals surface area contributed by atoms with Crippen molar-refractivity contribution >= 4 is 38.9 Å². The molecule has 6 rings (SSSR count). The molecule has 11 heteroatoms. The fourth-order valence-electron chi connectivity index (χ4n) is 7.09. The summed E-state index contributed by atoms with van der Waals surface area (Å²) in [7, 11) is -3.40. The highest BCUT2D eigenvalue weighted by molar-refractivity contribution is 7.93. The van der Waals surface area contributed by atoms with Gasteiger partial charge in [0.15, 0.2) is 0 Å². The first-order chi connectivity index (χ1) is 20.1. The van der Waals surface area contributed by atoms with Crippen LogP contribution in [-0.2, 0) is 25.0 Å². The summed E-state index contributed by atoms with van der Waals surface area (Å²) in [5, 5.41) is 9.18. The Morgan fingerprint density at radius 3 is 2.60 bits per heavy atom. The van der Waals surface area contributed by atoms with E-state index >= 15 is 4.39 Å². The monoisotopic (exact) mass is 598 g/mol. The van der Waals surface area contributed by atoms with E-state index in [0.717, 1.165) is 38.5 Å². The van der Waals surface area contributed by atoms with Gasteiger partial charge in [-0.05, 0) is 74.3 Å². The highest BCUT2D eigenvalue weighted by atomic mass is 32.2. The number of anilines is 3. The predicted molar refractivity (Wildman–Crippen MR) is 160 cm³/mol. The number of nitrogens with one attached hydrogen (secondary N) is 3. The molecule has 3 aliphatic heterocycles. The van der Waals surface area contributed by atoms with Crippen LogP contribution >= 0.6 is 0 Å². The van der Waals surface area contributed by atoms with Gasteiger partial charge in [-0.15, -0.1) is 0 Å². The van der Waals surface area contributed by atoms with Crippen molar-refractivity contribution in [2.24, 2.45) is 11.8 Å². The van der Waals surface area contributed by atoms with E-state index in [9.17, 15) is 18.0 Å². The summed E-state index contributed by atoms with van der Waals surface area (Å²) in [5.74, 6) is -0.630. The van der Waals surface area contributed by atoms with Crippen molar-refractivity contribution in [3.8, 4) is 0 Å². The van der Waals surface area contributed by atoms with E-state index in [-0.39, 0.29) is 34.4 Å². The first-order valence-electron chi connectivity index (χ1n) is 15.0. The molecule has 9 nitrogen and oxygen atoms in total. The van der Waals surface area contributed by atoms with Crippen molar-refractivity contribution in [3.05, 3.63) is 53.3 Å². The number of hydrogen-bond donors (Lipinski definition) is 3. The van der Waals surface area contributed by atoms with Gasteiger partial charge in [0.25, 0.3) is 5.91 Å². The molecule has 3 N–H and O–H groups in total. The van der Waals surface area contributed by atoms with Gasteiger partial charge in [-0.25, -0.2) is 12.8 Å². The highest BCUT2D eigenvalue weighted by Gasteiger charge is 2.43. The maximum Gasteiger partial charge on any atom is 0.252 e. The van der Waals surface area contributed by atoms with E-state index in [1.165, 1.54) is 10.4 Å². The van der Waals surface area contributed by atoms with Gasteiger partial charge in [-0.2, -0.15) is 0 Å². The normalized spacial score (nSPS) is 25.0. The summed E-state index contributed by atoms with van der Waals surface area (Å²) in [6.45, 7) is 4.39. The van der Waals surface area contributed by atoms with Crippen molar-refractivity contribution in [3.63, 3.8) is 0 Å². The number of rotatable bonds is 6. The lowest BCUT2D eigenvalue weighted by molar-refractivity contribution is -0.119. The molecule has 0 radical (unpaired) electrons. The molecule has 1 spiro atoms. The second-order valence-electron chi connectivity index (χ2n) is 12.4. The number of carbonyl (C=O) groups excluding carboxylic acids is 2. The van der Waals surface area contributed by atoms with Crippen molar-refractivity contribution in [2.45, 2.75) is 63.3 Å². The quantitative estimate of drug-likeness (QED) is 0.454. The minimum atomic E-state index is -3.40. The molecule has 1 aliphatic carbocycles. The third kappa shape index (κ3) is 5.60. The zero-order valence-electron chi connectivity index (χ0n) is 24.0. The van der Waals surface area contributed by atoms with E-state index in [1.54, 1.807) is 30.3 Å². The smallest absolute Gasteiger partial charge is 0.252 e. The first-order valence-corrected chi connectivity index (χ1v) is 16.6. The number of fused-ring (bicyclic) bond motifs is 2. The maximum atomic E-state index is 15.5. The van der Waals surface area contributed by atoms with Gasteiger partial charge in [-0.3, -0.25) is 13.9 Å². The molecule has 1 unspecified atom stereocenters. The minimum absolute atomic E-state index is 0.0739. The second-order valence-corrected chi connectivity index (χ2v) is 14.4. The SMILES string of the molecule is C[C@H]1CC[C@H](C(NC(=O)c2cccc(N3CCCS3(=O)=O)c2)C(=O)Nc2cc(F)c3c(c2)NCC32CCOCC2)CC1. The van der Waals surface area contributed by atoms with E-state index in [0.29, 0.717) is 61.3 Å². The molecule has 1 saturated carbocycles. The van der Waals surface area contributed by atoms with E-state index in [2.05, 4.69) is 22.9 Å². The third-order valence-electron chi connectivity index (χ3n) is 9.55. The summed E-state index contributed by atoms with van der Waals surface area (Å²) in [6, 6.07) is 8.84. The number of halogens is 1. The third-order valence-corrected chi connectivity index (χ3v) is 11.4. The lowest BCUT2D eigenvalue weighted by Crippen LogP contribution is -2.49. The average Bonchev–Trinajstić information content (AvgIpc) is 3.51. The number of hydrogen-bond acceptors (Lipinski definition) is 6. The van der Waals surface area contributed by atoms with Crippen molar-refractivity contribution < 1.29 is 27.1 Å². The number of benzene rings is 2. The fraction of sp³-hybridized carbons (Fsp3) is 0.548. The number of ether oxygens (including phenoxy) is 1. The van der Waals surface area contributed by atoms with Gasteiger partial charge in [0.05, 0.1) is 11.4 Å². The van der Waals surface area contributed by atoms with E-state index in [1.807, 2.05) is 0 Å². The van der Waals surface area contributed by atoms with Crippen LogP contribution < -0.4 is 20.3 Å². The minimum Gasteiger partial charge on any atom is -0.384 e. The second kappa shape index (κ2) is 11.5. The number of carbonyl (C=O) groups is 2. The molecule has 2 aromatic rings. The molecule has 3 heterocycles. The Labute approximate surface area is 246 Å². The Hall–Kier alpha value is -3.18. The average molecular weight is 599 g/mol. The van der Waals surface area contributed by atoms with Gasteiger partial charge in [0, 0.05) is 54.2 Å². The van der Waals surface area contributed by atoms with Crippen LogP contribution in [0.25, 0.3) is 0 Å². The van der Waals surface area contributed by atoms with Crippen LogP contribution in [-0.4, -0.2) is 58.3 Å². The standard InChI is InChI=1S/C31H39FN4O5S/c1-20-6-8-21(9-7-20)28(35-29(37)22-4-2-5-24(16-22)36-12-3-15-42(36,39)40)30(38)34-23-17-25(32)27-26(18-23)33-19-31(27)10-13-41-14-11-31/h2,4-5,16-18,20-21,28,33H,3,6-15,19H2,1H3,(H,34,38)(H,35,37)/t20-,21-,28?. The van der Waals surface area contributed by atoms with Gasteiger partial charge >= 0.3 is 0 Å². The summed E-state index contributed by atoms with van der Waals surface area (Å²) in [4.78, 5) is 27.2. The lowest BCUT2D eigenvalue weighted by atomic mass is 9.75. The summed E-state index contributed by atoms with van der Waals surface area (Å²) in [6.07, 6.45) is 5.51. The number of amides is 2.